The van der Waals surface area contributed by atoms with Crippen LogP contribution in [0.2, 0.25) is 0 Å². The van der Waals surface area contributed by atoms with Gasteiger partial charge < -0.3 is 28.7 Å². The van der Waals surface area contributed by atoms with Gasteiger partial charge in [0.05, 0.1) is 12.5 Å². The summed E-state index contributed by atoms with van der Waals surface area (Å²) in [5, 5.41) is 2.83. The third-order valence-corrected chi connectivity index (χ3v) is 4.88. The molecule has 1 amide bonds. The van der Waals surface area contributed by atoms with Crippen LogP contribution in [0.4, 0.5) is 4.79 Å². The van der Waals surface area contributed by atoms with Crippen LogP contribution in [0.5, 0.6) is 23.0 Å². The van der Waals surface area contributed by atoms with Gasteiger partial charge in [0.2, 0.25) is 11.2 Å². The number of alkyl carbamates (subject to hydrolysis) is 1. The monoisotopic (exact) mass is 497 g/mol. The lowest BCUT2D eigenvalue weighted by molar-refractivity contribution is -0.137. The van der Waals surface area contributed by atoms with E-state index in [2.05, 4.69) is 5.32 Å². The van der Waals surface area contributed by atoms with Crippen molar-refractivity contribution in [2.75, 3.05) is 7.11 Å². The fraction of sp³-hybridized carbons (Fsp3) is 0.370. The number of benzene rings is 2. The van der Waals surface area contributed by atoms with E-state index in [-0.39, 0.29) is 33.8 Å². The van der Waals surface area contributed by atoms with E-state index < -0.39 is 23.7 Å². The summed E-state index contributed by atoms with van der Waals surface area (Å²) >= 11 is 0. The number of esters is 1. The van der Waals surface area contributed by atoms with E-state index >= 15 is 0 Å². The normalized spacial score (nSPS) is 12.2. The zero-order valence-electron chi connectivity index (χ0n) is 21.2. The maximum absolute atomic E-state index is 12.9. The summed E-state index contributed by atoms with van der Waals surface area (Å²) in [6.45, 7) is 9.05. The van der Waals surface area contributed by atoms with Gasteiger partial charge in [-0.2, -0.15) is 0 Å². The molecule has 0 fully saturated rings. The van der Waals surface area contributed by atoms with Crippen molar-refractivity contribution in [2.24, 2.45) is 5.92 Å². The molecule has 36 heavy (non-hydrogen) atoms. The van der Waals surface area contributed by atoms with E-state index in [0.29, 0.717) is 17.9 Å². The van der Waals surface area contributed by atoms with Crippen LogP contribution in [-0.4, -0.2) is 30.8 Å². The third kappa shape index (κ3) is 7.24. The number of ether oxygens (including phenoxy) is 4. The van der Waals surface area contributed by atoms with Crippen molar-refractivity contribution in [3.05, 3.63) is 59.0 Å². The van der Waals surface area contributed by atoms with Gasteiger partial charge in [-0.1, -0.05) is 19.9 Å². The highest BCUT2D eigenvalue weighted by atomic mass is 16.6. The Hall–Kier alpha value is -4.01. The van der Waals surface area contributed by atoms with Crippen LogP contribution in [0, 0.1) is 5.92 Å². The minimum absolute atomic E-state index is 0.000874. The summed E-state index contributed by atoms with van der Waals surface area (Å²) < 4.78 is 27.2. The molecule has 1 atom stereocenters. The van der Waals surface area contributed by atoms with Crippen molar-refractivity contribution in [3.8, 4) is 23.0 Å². The molecular formula is C27H31NO8. The van der Waals surface area contributed by atoms with Gasteiger partial charge in [0.15, 0.2) is 0 Å². The Balaban J connectivity index is 1.77. The van der Waals surface area contributed by atoms with Gasteiger partial charge in [-0.05, 0) is 57.4 Å². The van der Waals surface area contributed by atoms with E-state index in [4.69, 9.17) is 23.4 Å². The maximum Gasteiger partial charge on any atom is 0.408 e. The van der Waals surface area contributed by atoms with Crippen molar-refractivity contribution in [2.45, 2.75) is 52.7 Å². The van der Waals surface area contributed by atoms with Crippen molar-refractivity contribution in [1.82, 2.24) is 5.32 Å². The fourth-order valence-electron chi connectivity index (χ4n) is 3.34. The largest absolute Gasteiger partial charge is 0.497 e. The quantitative estimate of drug-likeness (QED) is 0.323. The van der Waals surface area contributed by atoms with Crippen LogP contribution in [-0.2, 0) is 9.53 Å². The summed E-state index contributed by atoms with van der Waals surface area (Å²) in [7, 11) is 1.53. The molecule has 0 spiro atoms. The van der Waals surface area contributed by atoms with Crippen molar-refractivity contribution in [3.63, 3.8) is 0 Å². The summed E-state index contributed by atoms with van der Waals surface area (Å²) in [5.74, 6) is 0.613. The number of rotatable bonds is 8. The van der Waals surface area contributed by atoms with Crippen LogP contribution in [0.3, 0.4) is 0 Å². The highest BCUT2D eigenvalue weighted by Gasteiger charge is 2.27. The molecule has 3 rings (SSSR count). The van der Waals surface area contributed by atoms with Gasteiger partial charge in [0.1, 0.15) is 40.7 Å². The number of carbonyl (C=O) groups is 2. The van der Waals surface area contributed by atoms with Crippen molar-refractivity contribution in [1.29, 1.82) is 0 Å². The van der Waals surface area contributed by atoms with Gasteiger partial charge in [-0.15, -0.1) is 0 Å². The fourth-order valence-corrected chi connectivity index (χ4v) is 3.34. The Kier molecular flexibility index (Phi) is 8.24. The van der Waals surface area contributed by atoms with Crippen LogP contribution in [0.25, 0.3) is 11.0 Å². The van der Waals surface area contributed by atoms with Crippen LogP contribution >= 0.6 is 0 Å². The lowest BCUT2D eigenvalue weighted by atomic mass is 10.0. The molecule has 1 N–H and O–H groups in total. The number of nitrogens with one attached hydrogen (secondary N) is 1. The van der Waals surface area contributed by atoms with Gasteiger partial charge in [-0.3, -0.25) is 4.79 Å². The second kappa shape index (κ2) is 11.2. The summed E-state index contributed by atoms with van der Waals surface area (Å²) in [4.78, 5) is 38.0. The van der Waals surface area contributed by atoms with Crippen molar-refractivity contribution >= 4 is 23.0 Å². The van der Waals surface area contributed by atoms with Gasteiger partial charge in [0.25, 0.3) is 0 Å². The highest BCUT2D eigenvalue weighted by Crippen LogP contribution is 2.26. The molecule has 0 unspecified atom stereocenters. The zero-order chi connectivity index (χ0) is 26.5. The first-order valence-electron chi connectivity index (χ1n) is 11.5. The average molecular weight is 498 g/mol. The molecule has 2 aromatic carbocycles. The Morgan fingerprint density at radius 1 is 1.03 bits per heavy atom. The van der Waals surface area contributed by atoms with E-state index in [9.17, 15) is 14.4 Å². The molecule has 1 heterocycles. The summed E-state index contributed by atoms with van der Waals surface area (Å²) in [5.41, 5.74) is -0.883. The lowest BCUT2D eigenvalue weighted by Crippen LogP contribution is -2.45. The molecular weight excluding hydrogens is 466 g/mol. The summed E-state index contributed by atoms with van der Waals surface area (Å²) in [6.07, 6.45) is 0.839. The molecule has 0 radical (unpaired) electrons. The molecule has 0 saturated carbocycles. The first kappa shape index (κ1) is 26.6. The van der Waals surface area contributed by atoms with Crippen LogP contribution in [0.15, 0.2) is 57.9 Å². The van der Waals surface area contributed by atoms with E-state index in [1.807, 2.05) is 13.8 Å². The number of fused-ring (bicyclic) bond motifs is 1. The maximum atomic E-state index is 12.9. The summed E-state index contributed by atoms with van der Waals surface area (Å²) in [6, 6.07) is 10.3. The van der Waals surface area contributed by atoms with Crippen LogP contribution in [0.1, 0.15) is 41.0 Å². The molecule has 192 valence electrons. The van der Waals surface area contributed by atoms with E-state index in [1.165, 1.54) is 31.6 Å². The molecule has 1 aromatic heterocycles. The molecule has 3 aromatic rings. The Morgan fingerprint density at radius 2 is 1.75 bits per heavy atom. The Morgan fingerprint density at radius 3 is 2.42 bits per heavy atom. The first-order chi connectivity index (χ1) is 16.9. The second-order valence-electron chi connectivity index (χ2n) is 9.62. The minimum atomic E-state index is -0.916. The molecule has 0 aliphatic heterocycles. The minimum Gasteiger partial charge on any atom is -0.497 e. The molecule has 0 aliphatic carbocycles. The second-order valence-corrected chi connectivity index (χ2v) is 9.62. The zero-order valence-corrected chi connectivity index (χ0v) is 21.2. The molecule has 0 saturated heterocycles. The lowest BCUT2D eigenvalue weighted by Gasteiger charge is -2.23. The number of hydrogen-bond donors (Lipinski definition) is 1. The predicted octanol–water partition coefficient (Wildman–Crippen LogP) is 5.44. The highest BCUT2D eigenvalue weighted by molar-refractivity contribution is 5.84. The van der Waals surface area contributed by atoms with Crippen LogP contribution < -0.4 is 25.0 Å². The number of carbonyl (C=O) groups excluding carboxylic acids is 2. The number of methoxy groups -OCH3 is 1. The molecule has 9 heteroatoms. The van der Waals surface area contributed by atoms with E-state index in [0.717, 1.165) is 0 Å². The standard InChI is InChI=1S/C27H31NO8/c1-16(2)12-21(28-26(31)36-27(3,4)5)25(30)35-19-10-11-20-22(14-19)33-15-23(24(20)29)34-18-9-7-8-17(13-18)32-6/h7-11,13-16,21H,12H2,1-6H3,(H,28,31)/t21-/m0/s1. The number of amides is 1. The topological polar surface area (TPSA) is 113 Å². The van der Waals surface area contributed by atoms with Gasteiger partial charge >= 0.3 is 12.1 Å². The Labute approximate surface area is 209 Å². The van der Waals surface area contributed by atoms with Gasteiger partial charge in [-0.25, -0.2) is 9.59 Å². The Bertz CT molecular complexity index is 1290. The smallest absolute Gasteiger partial charge is 0.408 e. The molecule has 0 bridgehead atoms. The average Bonchev–Trinajstić information content (AvgIpc) is 2.79. The van der Waals surface area contributed by atoms with Crippen molar-refractivity contribution < 1.29 is 33.0 Å². The third-order valence-electron chi connectivity index (χ3n) is 4.88. The van der Waals surface area contributed by atoms with Gasteiger partial charge in [0, 0.05) is 12.1 Å². The molecule has 9 nitrogen and oxygen atoms in total. The first-order valence-corrected chi connectivity index (χ1v) is 11.5. The molecule has 0 aliphatic rings. The predicted molar refractivity (Wildman–Crippen MR) is 134 cm³/mol. The number of hydrogen-bond acceptors (Lipinski definition) is 8. The SMILES string of the molecule is COc1cccc(Oc2coc3cc(OC(=O)[C@H](CC(C)C)NC(=O)OC(C)(C)C)ccc3c2=O)c1. The van der Waals surface area contributed by atoms with E-state index in [1.54, 1.807) is 45.0 Å².